The average molecular weight is 209 g/mol. The van der Waals surface area contributed by atoms with E-state index in [1.54, 1.807) is 12.1 Å². The minimum absolute atomic E-state index is 0.0360. The molecule has 0 unspecified atom stereocenters. The van der Waals surface area contributed by atoms with Crippen molar-refractivity contribution in [2.24, 2.45) is 0 Å². The fourth-order valence-corrected chi connectivity index (χ4v) is 1.57. The van der Waals surface area contributed by atoms with Gasteiger partial charge in [-0.15, -0.1) is 0 Å². The Morgan fingerprint density at radius 3 is 3.07 bits per heavy atom. The quantitative estimate of drug-likeness (QED) is 0.687. The molecule has 4 nitrogen and oxygen atoms in total. The molecule has 1 aromatic heterocycles. The van der Waals surface area contributed by atoms with Crippen LogP contribution in [0.4, 0.5) is 10.2 Å². The molecule has 0 radical (unpaired) electrons. The Bertz CT molecular complexity index is 369. The Labute approximate surface area is 87.1 Å². The predicted octanol–water partition coefficient (Wildman–Crippen LogP) is 0.547. The number of hydrogen-bond donors (Lipinski definition) is 1. The van der Waals surface area contributed by atoms with Gasteiger partial charge < -0.3 is 10.2 Å². The topological polar surface area (TPSA) is 45.2 Å². The summed E-state index contributed by atoms with van der Waals surface area (Å²) in [6.45, 7) is 1.83. The lowest BCUT2D eigenvalue weighted by Crippen LogP contribution is -2.29. The van der Waals surface area contributed by atoms with E-state index in [1.807, 2.05) is 4.90 Å². The molecule has 1 fully saturated rings. The largest absolute Gasteiger partial charge is 0.354 e. The lowest BCUT2D eigenvalue weighted by atomic mass is 10.3. The van der Waals surface area contributed by atoms with Gasteiger partial charge in [0, 0.05) is 26.1 Å². The van der Waals surface area contributed by atoms with E-state index in [0.717, 1.165) is 0 Å². The fourth-order valence-electron chi connectivity index (χ4n) is 1.57. The highest BCUT2D eigenvalue weighted by atomic mass is 19.1. The molecule has 2 rings (SSSR count). The van der Waals surface area contributed by atoms with Gasteiger partial charge in [0.1, 0.15) is 5.82 Å². The maximum atomic E-state index is 12.9. The highest BCUT2D eigenvalue weighted by molar-refractivity contribution is 5.77. The van der Waals surface area contributed by atoms with Crippen molar-refractivity contribution < 1.29 is 9.18 Å². The summed E-state index contributed by atoms with van der Waals surface area (Å²) < 4.78 is 12.9. The molecule has 80 valence electrons. The van der Waals surface area contributed by atoms with Gasteiger partial charge in [-0.05, 0) is 12.1 Å². The van der Waals surface area contributed by atoms with Crippen LogP contribution in [0.3, 0.4) is 0 Å². The van der Waals surface area contributed by atoms with Crippen LogP contribution in [0.2, 0.25) is 0 Å². The Kier molecular flexibility index (Phi) is 2.80. The minimum atomic E-state index is -0.490. The van der Waals surface area contributed by atoms with E-state index < -0.39 is 5.95 Å². The van der Waals surface area contributed by atoms with Crippen molar-refractivity contribution in [1.82, 2.24) is 10.3 Å². The van der Waals surface area contributed by atoms with Crippen molar-refractivity contribution in [1.29, 1.82) is 0 Å². The van der Waals surface area contributed by atoms with E-state index in [0.29, 0.717) is 31.9 Å². The molecule has 0 spiro atoms. The van der Waals surface area contributed by atoms with Gasteiger partial charge in [0.15, 0.2) is 0 Å². The van der Waals surface area contributed by atoms with Gasteiger partial charge in [0.2, 0.25) is 11.9 Å². The maximum Gasteiger partial charge on any atom is 0.221 e. The van der Waals surface area contributed by atoms with Crippen LogP contribution in [0.25, 0.3) is 0 Å². The van der Waals surface area contributed by atoms with Crippen molar-refractivity contribution in [3.63, 3.8) is 0 Å². The first kappa shape index (κ1) is 9.89. The molecule has 1 amide bonds. The molecule has 1 aliphatic heterocycles. The highest BCUT2D eigenvalue weighted by Crippen LogP contribution is 2.11. The fraction of sp³-hybridized carbons (Fsp3) is 0.400. The molecule has 0 aliphatic carbocycles. The molecule has 0 atom stereocenters. The Morgan fingerprint density at radius 1 is 1.40 bits per heavy atom. The number of aromatic nitrogens is 1. The van der Waals surface area contributed by atoms with Gasteiger partial charge >= 0.3 is 0 Å². The predicted molar refractivity (Wildman–Crippen MR) is 54.0 cm³/mol. The molecule has 2 heterocycles. The zero-order valence-corrected chi connectivity index (χ0v) is 8.24. The molecule has 1 aliphatic rings. The standard InChI is InChI=1S/C10H12FN3O/c11-8-2-1-3-9(13-8)14-6-4-10(15)12-5-7-14/h1-3H,4-7H2,(H,12,15). The van der Waals surface area contributed by atoms with Gasteiger partial charge in [-0.3, -0.25) is 4.79 Å². The second-order valence-electron chi connectivity index (χ2n) is 3.41. The Balaban J connectivity index is 2.13. The van der Waals surface area contributed by atoms with Gasteiger partial charge in [0.25, 0.3) is 0 Å². The van der Waals surface area contributed by atoms with Gasteiger partial charge in [-0.2, -0.15) is 4.39 Å². The summed E-state index contributed by atoms with van der Waals surface area (Å²) in [4.78, 5) is 16.8. The van der Waals surface area contributed by atoms with Crippen molar-refractivity contribution >= 4 is 11.7 Å². The summed E-state index contributed by atoms with van der Waals surface area (Å²) in [7, 11) is 0. The monoisotopic (exact) mass is 209 g/mol. The summed E-state index contributed by atoms with van der Waals surface area (Å²) >= 11 is 0. The van der Waals surface area contributed by atoms with Crippen LogP contribution in [0, 0.1) is 5.95 Å². The molecule has 0 saturated carbocycles. The van der Waals surface area contributed by atoms with Gasteiger partial charge in [-0.1, -0.05) is 6.07 Å². The molecule has 0 bridgehead atoms. The average Bonchev–Trinajstić information content (AvgIpc) is 2.43. The van der Waals surface area contributed by atoms with E-state index in [4.69, 9.17) is 0 Å². The number of pyridine rings is 1. The molecular formula is C10H12FN3O. The van der Waals surface area contributed by atoms with E-state index in [2.05, 4.69) is 10.3 Å². The molecule has 1 aromatic rings. The summed E-state index contributed by atoms with van der Waals surface area (Å²) in [6.07, 6.45) is 0.429. The first-order valence-corrected chi connectivity index (χ1v) is 4.90. The second-order valence-corrected chi connectivity index (χ2v) is 3.41. The molecule has 15 heavy (non-hydrogen) atoms. The van der Waals surface area contributed by atoms with Crippen LogP contribution >= 0.6 is 0 Å². The molecular weight excluding hydrogens is 197 g/mol. The second kappa shape index (κ2) is 4.25. The SMILES string of the molecule is O=C1CCN(c2cccc(F)n2)CCN1. The number of carbonyl (C=O) groups is 1. The number of rotatable bonds is 1. The summed E-state index contributed by atoms with van der Waals surface area (Å²) in [5.74, 6) is 0.136. The number of anilines is 1. The Hall–Kier alpha value is -1.65. The van der Waals surface area contributed by atoms with E-state index in [-0.39, 0.29) is 5.91 Å². The Morgan fingerprint density at radius 2 is 2.27 bits per heavy atom. The smallest absolute Gasteiger partial charge is 0.221 e. The summed E-state index contributed by atoms with van der Waals surface area (Å²) in [5, 5.41) is 2.76. The van der Waals surface area contributed by atoms with E-state index in [9.17, 15) is 9.18 Å². The first-order valence-electron chi connectivity index (χ1n) is 4.90. The van der Waals surface area contributed by atoms with Crippen LogP contribution in [-0.2, 0) is 4.79 Å². The van der Waals surface area contributed by atoms with Gasteiger partial charge in [0.05, 0.1) is 0 Å². The minimum Gasteiger partial charge on any atom is -0.354 e. The molecule has 1 saturated heterocycles. The van der Waals surface area contributed by atoms with E-state index in [1.165, 1.54) is 6.07 Å². The molecule has 0 aromatic carbocycles. The maximum absolute atomic E-state index is 12.9. The third-order valence-corrected chi connectivity index (χ3v) is 2.34. The van der Waals surface area contributed by atoms with Crippen LogP contribution in [0.5, 0.6) is 0 Å². The number of halogens is 1. The first-order chi connectivity index (χ1) is 7.25. The van der Waals surface area contributed by atoms with Crippen molar-refractivity contribution in [3.8, 4) is 0 Å². The van der Waals surface area contributed by atoms with Crippen LogP contribution < -0.4 is 10.2 Å². The van der Waals surface area contributed by atoms with Crippen molar-refractivity contribution in [2.45, 2.75) is 6.42 Å². The zero-order valence-electron chi connectivity index (χ0n) is 8.24. The van der Waals surface area contributed by atoms with Gasteiger partial charge in [-0.25, -0.2) is 4.98 Å². The van der Waals surface area contributed by atoms with Crippen LogP contribution in [0.15, 0.2) is 18.2 Å². The number of nitrogens with one attached hydrogen (secondary N) is 1. The van der Waals surface area contributed by atoms with Crippen LogP contribution in [0.1, 0.15) is 6.42 Å². The lowest BCUT2D eigenvalue weighted by molar-refractivity contribution is -0.120. The molecule has 5 heteroatoms. The number of nitrogens with zero attached hydrogens (tertiary/aromatic N) is 2. The van der Waals surface area contributed by atoms with Crippen molar-refractivity contribution in [2.75, 3.05) is 24.5 Å². The third kappa shape index (κ3) is 2.43. The van der Waals surface area contributed by atoms with E-state index >= 15 is 0 Å². The lowest BCUT2D eigenvalue weighted by Gasteiger charge is -2.20. The van der Waals surface area contributed by atoms with Crippen LogP contribution in [-0.4, -0.2) is 30.5 Å². The number of carbonyl (C=O) groups excluding carboxylic acids is 1. The normalized spacial score (nSPS) is 17.1. The third-order valence-electron chi connectivity index (χ3n) is 2.34. The summed E-state index contributed by atoms with van der Waals surface area (Å²) in [6, 6.07) is 4.68. The molecule has 1 N–H and O–H groups in total. The van der Waals surface area contributed by atoms with Crippen molar-refractivity contribution in [3.05, 3.63) is 24.1 Å². The zero-order chi connectivity index (χ0) is 10.7. The summed E-state index contributed by atoms with van der Waals surface area (Å²) in [5.41, 5.74) is 0. The number of hydrogen-bond acceptors (Lipinski definition) is 3. The number of amides is 1. The highest BCUT2D eigenvalue weighted by Gasteiger charge is 2.14.